The SMILES string of the molecule is O=C(CCN1CCC(C(=O)O)c2ccccc21)NC1CC1. The van der Waals surface area contributed by atoms with Gasteiger partial charge in [0.25, 0.3) is 0 Å². The minimum atomic E-state index is -0.770. The molecule has 1 atom stereocenters. The minimum absolute atomic E-state index is 0.0929. The van der Waals surface area contributed by atoms with E-state index in [2.05, 4.69) is 10.2 Å². The van der Waals surface area contributed by atoms with Gasteiger partial charge in [0.2, 0.25) is 5.91 Å². The fourth-order valence-electron chi connectivity index (χ4n) is 2.88. The Bertz CT molecular complexity index is 554. The van der Waals surface area contributed by atoms with Crippen molar-refractivity contribution in [2.45, 2.75) is 37.6 Å². The van der Waals surface area contributed by atoms with E-state index in [4.69, 9.17) is 0 Å². The number of para-hydroxylation sites is 1. The van der Waals surface area contributed by atoms with Crippen LogP contribution in [0.2, 0.25) is 0 Å². The average molecular weight is 288 g/mol. The molecule has 3 rings (SSSR count). The monoisotopic (exact) mass is 288 g/mol. The minimum Gasteiger partial charge on any atom is -0.481 e. The van der Waals surface area contributed by atoms with Gasteiger partial charge >= 0.3 is 5.97 Å². The van der Waals surface area contributed by atoms with E-state index < -0.39 is 11.9 Å². The Balaban J connectivity index is 1.67. The van der Waals surface area contributed by atoms with E-state index in [0.717, 1.165) is 24.1 Å². The van der Waals surface area contributed by atoms with Gasteiger partial charge in [0, 0.05) is 31.2 Å². The molecule has 1 fully saturated rings. The van der Waals surface area contributed by atoms with E-state index in [1.165, 1.54) is 0 Å². The molecule has 1 amide bonds. The number of carboxylic acid groups (broad SMARTS) is 1. The average Bonchev–Trinajstić information content (AvgIpc) is 3.28. The summed E-state index contributed by atoms with van der Waals surface area (Å²) in [4.78, 5) is 25.3. The Morgan fingerprint density at radius 2 is 2.00 bits per heavy atom. The number of hydrogen-bond donors (Lipinski definition) is 2. The van der Waals surface area contributed by atoms with Crippen LogP contribution >= 0.6 is 0 Å². The molecule has 1 heterocycles. The summed E-state index contributed by atoms with van der Waals surface area (Å²) in [7, 11) is 0. The van der Waals surface area contributed by atoms with E-state index >= 15 is 0 Å². The van der Waals surface area contributed by atoms with Crippen LogP contribution in [0.3, 0.4) is 0 Å². The Morgan fingerprint density at radius 3 is 2.71 bits per heavy atom. The first kappa shape index (κ1) is 13.9. The molecule has 1 aromatic rings. The van der Waals surface area contributed by atoms with Gasteiger partial charge in [-0.25, -0.2) is 0 Å². The van der Waals surface area contributed by atoms with Crippen molar-refractivity contribution >= 4 is 17.6 Å². The van der Waals surface area contributed by atoms with E-state index in [1.807, 2.05) is 24.3 Å². The summed E-state index contributed by atoms with van der Waals surface area (Å²) < 4.78 is 0. The van der Waals surface area contributed by atoms with Crippen molar-refractivity contribution in [3.05, 3.63) is 29.8 Å². The molecule has 5 heteroatoms. The fraction of sp³-hybridized carbons (Fsp3) is 0.500. The lowest BCUT2D eigenvalue weighted by molar-refractivity contribution is -0.139. The predicted octanol–water partition coefficient (Wildman–Crippen LogP) is 1.73. The lowest BCUT2D eigenvalue weighted by Crippen LogP contribution is -2.36. The molecule has 0 radical (unpaired) electrons. The molecule has 0 saturated heterocycles. The van der Waals surface area contributed by atoms with Crippen molar-refractivity contribution < 1.29 is 14.7 Å². The van der Waals surface area contributed by atoms with Crippen molar-refractivity contribution in [1.29, 1.82) is 0 Å². The van der Waals surface area contributed by atoms with Crippen LogP contribution in [-0.4, -0.2) is 36.1 Å². The van der Waals surface area contributed by atoms with Crippen LogP contribution < -0.4 is 10.2 Å². The molecule has 1 saturated carbocycles. The van der Waals surface area contributed by atoms with Gasteiger partial charge in [-0.1, -0.05) is 18.2 Å². The second kappa shape index (κ2) is 5.76. The summed E-state index contributed by atoms with van der Waals surface area (Å²) in [5, 5.41) is 12.3. The van der Waals surface area contributed by atoms with E-state index in [1.54, 1.807) is 0 Å². The first-order chi connectivity index (χ1) is 10.1. The molecule has 1 unspecified atom stereocenters. The summed E-state index contributed by atoms with van der Waals surface area (Å²) in [5.74, 6) is -1.11. The van der Waals surface area contributed by atoms with E-state index in [0.29, 0.717) is 32.0 Å². The number of anilines is 1. The number of fused-ring (bicyclic) bond motifs is 1. The molecule has 5 nitrogen and oxygen atoms in total. The van der Waals surface area contributed by atoms with E-state index in [9.17, 15) is 14.7 Å². The number of rotatable bonds is 5. The third-order valence-electron chi connectivity index (χ3n) is 4.19. The van der Waals surface area contributed by atoms with Gasteiger partial charge in [-0.2, -0.15) is 0 Å². The molecule has 1 aromatic carbocycles. The maximum atomic E-state index is 11.8. The Labute approximate surface area is 123 Å². The van der Waals surface area contributed by atoms with Gasteiger partial charge < -0.3 is 15.3 Å². The predicted molar refractivity (Wildman–Crippen MR) is 79.4 cm³/mol. The van der Waals surface area contributed by atoms with Crippen LogP contribution in [0.5, 0.6) is 0 Å². The normalized spacial score (nSPS) is 20.8. The quantitative estimate of drug-likeness (QED) is 0.866. The molecule has 0 spiro atoms. The van der Waals surface area contributed by atoms with Crippen LogP contribution in [0.1, 0.15) is 37.2 Å². The maximum absolute atomic E-state index is 11.8. The van der Waals surface area contributed by atoms with Gasteiger partial charge in [-0.3, -0.25) is 9.59 Å². The molecular weight excluding hydrogens is 268 g/mol. The van der Waals surface area contributed by atoms with Gasteiger partial charge in [0.15, 0.2) is 0 Å². The number of benzene rings is 1. The number of nitrogens with one attached hydrogen (secondary N) is 1. The van der Waals surface area contributed by atoms with Crippen LogP contribution in [0.25, 0.3) is 0 Å². The number of carbonyl (C=O) groups is 2. The molecule has 112 valence electrons. The van der Waals surface area contributed by atoms with Crippen molar-refractivity contribution in [1.82, 2.24) is 5.32 Å². The smallest absolute Gasteiger partial charge is 0.311 e. The summed E-state index contributed by atoms with van der Waals surface area (Å²) >= 11 is 0. The van der Waals surface area contributed by atoms with Crippen molar-refractivity contribution in [2.24, 2.45) is 0 Å². The third-order valence-corrected chi connectivity index (χ3v) is 4.19. The number of hydrogen-bond acceptors (Lipinski definition) is 3. The maximum Gasteiger partial charge on any atom is 0.311 e. The summed E-state index contributed by atoms with van der Waals surface area (Å²) in [6.07, 6.45) is 3.25. The highest BCUT2D eigenvalue weighted by atomic mass is 16.4. The molecule has 2 aliphatic rings. The van der Waals surface area contributed by atoms with Crippen LogP contribution in [-0.2, 0) is 9.59 Å². The topological polar surface area (TPSA) is 69.6 Å². The largest absolute Gasteiger partial charge is 0.481 e. The number of carboxylic acids is 1. The zero-order chi connectivity index (χ0) is 14.8. The summed E-state index contributed by atoms with van der Waals surface area (Å²) in [6, 6.07) is 8.01. The van der Waals surface area contributed by atoms with Gasteiger partial charge in [-0.05, 0) is 30.9 Å². The van der Waals surface area contributed by atoms with Crippen molar-refractivity contribution in [2.75, 3.05) is 18.0 Å². The number of aliphatic carboxylic acids is 1. The van der Waals surface area contributed by atoms with Gasteiger partial charge in [0.05, 0.1) is 5.92 Å². The van der Waals surface area contributed by atoms with Gasteiger partial charge in [0.1, 0.15) is 0 Å². The van der Waals surface area contributed by atoms with Crippen LogP contribution in [0.15, 0.2) is 24.3 Å². The lowest BCUT2D eigenvalue weighted by Gasteiger charge is -2.34. The number of carbonyl (C=O) groups excluding carboxylic acids is 1. The standard InChI is InChI=1S/C16H20N2O3/c19-15(17-11-5-6-11)8-10-18-9-7-13(16(20)21)12-3-1-2-4-14(12)18/h1-4,11,13H,5-10H2,(H,17,19)(H,20,21). The molecule has 2 N–H and O–H groups in total. The number of nitrogens with zero attached hydrogens (tertiary/aromatic N) is 1. The highest BCUT2D eigenvalue weighted by Crippen LogP contribution is 2.35. The first-order valence-corrected chi connectivity index (χ1v) is 7.51. The zero-order valence-corrected chi connectivity index (χ0v) is 11.9. The summed E-state index contributed by atoms with van der Waals surface area (Å²) in [5.41, 5.74) is 1.81. The van der Waals surface area contributed by atoms with Crippen molar-refractivity contribution in [3.8, 4) is 0 Å². The van der Waals surface area contributed by atoms with Crippen LogP contribution in [0, 0.1) is 0 Å². The highest BCUT2D eigenvalue weighted by Gasteiger charge is 2.30. The zero-order valence-electron chi connectivity index (χ0n) is 11.9. The Kier molecular flexibility index (Phi) is 3.82. The molecular formula is C16H20N2O3. The van der Waals surface area contributed by atoms with Crippen LogP contribution in [0.4, 0.5) is 5.69 Å². The Hall–Kier alpha value is -2.04. The molecule has 21 heavy (non-hydrogen) atoms. The fourth-order valence-corrected chi connectivity index (χ4v) is 2.88. The highest BCUT2D eigenvalue weighted by molar-refractivity contribution is 5.81. The molecule has 1 aliphatic heterocycles. The van der Waals surface area contributed by atoms with E-state index in [-0.39, 0.29) is 5.91 Å². The van der Waals surface area contributed by atoms with Gasteiger partial charge in [-0.15, -0.1) is 0 Å². The Morgan fingerprint density at radius 1 is 1.24 bits per heavy atom. The first-order valence-electron chi connectivity index (χ1n) is 7.51. The third kappa shape index (κ3) is 3.17. The molecule has 0 bridgehead atoms. The lowest BCUT2D eigenvalue weighted by atomic mass is 9.90. The second-order valence-electron chi connectivity index (χ2n) is 5.82. The number of amides is 1. The second-order valence-corrected chi connectivity index (χ2v) is 5.82. The van der Waals surface area contributed by atoms with Crippen molar-refractivity contribution in [3.63, 3.8) is 0 Å². The molecule has 0 aromatic heterocycles. The molecule has 1 aliphatic carbocycles. The summed E-state index contributed by atoms with van der Waals surface area (Å²) in [6.45, 7) is 1.33.